The molecule has 0 heterocycles. The Morgan fingerprint density at radius 2 is 2.00 bits per heavy atom. The van der Waals surface area contributed by atoms with Crippen molar-refractivity contribution in [3.63, 3.8) is 0 Å². The van der Waals surface area contributed by atoms with Crippen molar-refractivity contribution in [3.05, 3.63) is 5.17 Å². The number of ether oxygens (including phenoxy) is 1. The van der Waals surface area contributed by atoms with E-state index in [1.165, 1.54) is 18.0 Å². The topological polar surface area (TPSA) is 9.23 Å². The van der Waals surface area contributed by atoms with Crippen LogP contribution in [-0.2, 0) is 4.74 Å². The van der Waals surface area contributed by atoms with E-state index in [9.17, 15) is 0 Å². The summed E-state index contributed by atoms with van der Waals surface area (Å²) in [4.78, 5) is 0.508. The van der Waals surface area contributed by atoms with Crippen molar-refractivity contribution in [3.8, 4) is 0 Å². The smallest absolute Gasteiger partial charge is 0.0789 e. The maximum atomic E-state index is 5.55. The molecule has 5 heteroatoms. The van der Waals surface area contributed by atoms with E-state index >= 15 is 0 Å². The minimum atomic E-state index is 0.508. The van der Waals surface area contributed by atoms with Crippen LogP contribution in [0.4, 0.5) is 0 Å². The summed E-state index contributed by atoms with van der Waals surface area (Å²) in [5.74, 6) is 0. The van der Waals surface area contributed by atoms with Gasteiger partial charge in [-0.25, -0.2) is 0 Å². The lowest BCUT2D eigenvalue weighted by molar-refractivity contribution is 0.162. The van der Waals surface area contributed by atoms with Crippen LogP contribution in [0.5, 0.6) is 0 Å². The third-order valence-corrected chi connectivity index (χ3v) is 6.27. The number of rotatable bonds is 6. The van der Waals surface area contributed by atoms with Crippen molar-refractivity contribution in [1.82, 2.24) is 0 Å². The molecule has 0 rings (SSSR count). The van der Waals surface area contributed by atoms with Crippen molar-refractivity contribution in [1.29, 1.82) is 0 Å². The Labute approximate surface area is 129 Å². The SMILES string of the molecule is CCCC(Br)COCC(I)=C(I)I. The van der Waals surface area contributed by atoms with Gasteiger partial charge in [-0.15, -0.1) is 0 Å². The predicted molar refractivity (Wildman–Crippen MR) is 87.5 cm³/mol. The second kappa shape index (κ2) is 9.59. The minimum Gasteiger partial charge on any atom is -0.375 e. The molecule has 0 radical (unpaired) electrons. The van der Waals surface area contributed by atoms with E-state index < -0.39 is 0 Å². The largest absolute Gasteiger partial charge is 0.375 e. The van der Waals surface area contributed by atoms with Crippen LogP contribution >= 0.6 is 83.7 Å². The van der Waals surface area contributed by atoms with Gasteiger partial charge in [0.2, 0.25) is 0 Å². The van der Waals surface area contributed by atoms with Gasteiger partial charge in [-0.2, -0.15) is 0 Å². The zero-order valence-electron chi connectivity index (χ0n) is 7.33. The minimum absolute atomic E-state index is 0.508. The Morgan fingerprint density at radius 3 is 2.46 bits per heavy atom. The quantitative estimate of drug-likeness (QED) is 0.314. The molecule has 1 atom stereocenters. The monoisotopic (exact) mass is 584 g/mol. The molecule has 1 unspecified atom stereocenters. The average molecular weight is 585 g/mol. The number of alkyl halides is 1. The normalized spacial score (nSPS) is 12.7. The Hall–Kier alpha value is 2.37. The molecule has 1 nitrogen and oxygen atoms in total. The molecule has 0 saturated carbocycles. The molecule has 0 aromatic heterocycles. The van der Waals surface area contributed by atoms with Gasteiger partial charge in [0.05, 0.1) is 14.8 Å². The van der Waals surface area contributed by atoms with Gasteiger partial charge in [0, 0.05) is 8.41 Å². The van der Waals surface area contributed by atoms with Crippen LogP contribution in [0.15, 0.2) is 5.17 Å². The standard InChI is InChI=1S/C8H12BrI3O/c1-2-3-6(9)4-13-5-7(10)8(11)12/h6H,2-5H2,1H3. The summed E-state index contributed by atoms with van der Waals surface area (Å²) >= 11 is 10.5. The van der Waals surface area contributed by atoms with E-state index in [4.69, 9.17) is 4.74 Å². The summed E-state index contributed by atoms with van der Waals surface area (Å²) < 4.78 is 8.13. The van der Waals surface area contributed by atoms with Crippen molar-refractivity contribution in [2.24, 2.45) is 0 Å². The summed E-state index contributed by atoms with van der Waals surface area (Å²) in [6.45, 7) is 3.74. The summed E-state index contributed by atoms with van der Waals surface area (Å²) in [6.07, 6.45) is 2.39. The fourth-order valence-corrected chi connectivity index (χ4v) is 1.90. The van der Waals surface area contributed by atoms with Gasteiger partial charge in [0.25, 0.3) is 0 Å². The Bertz CT molecular complexity index is 169. The summed E-state index contributed by atoms with van der Waals surface area (Å²) in [6, 6.07) is 0. The zero-order chi connectivity index (χ0) is 10.3. The van der Waals surface area contributed by atoms with E-state index in [1.54, 1.807) is 0 Å². The maximum absolute atomic E-state index is 5.55. The number of hydrogen-bond acceptors (Lipinski definition) is 1. The predicted octanol–water partition coefficient (Wildman–Crippen LogP) is 5.04. The first kappa shape index (κ1) is 15.4. The van der Waals surface area contributed by atoms with Gasteiger partial charge in [-0.05, 0) is 74.2 Å². The van der Waals surface area contributed by atoms with Crippen LogP contribution < -0.4 is 0 Å². The Balaban J connectivity index is 3.51. The highest BCUT2D eigenvalue weighted by Crippen LogP contribution is 2.25. The highest BCUT2D eigenvalue weighted by molar-refractivity contribution is 14.2. The lowest BCUT2D eigenvalue weighted by Gasteiger charge is -2.08. The van der Waals surface area contributed by atoms with Crippen LogP contribution in [0.3, 0.4) is 0 Å². The van der Waals surface area contributed by atoms with Crippen molar-refractivity contribution in [2.45, 2.75) is 24.6 Å². The molecule has 13 heavy (non-hydrogen) atoms. The third kappa shape index (κ3) is 9.31. The molecule has 0 aromatic rings. The third-order valence-electron chi connectivity index (χ3n) is 1.33. The van der Waals surface area contributed by atoms with Crippen molar-refractivity contribution < 1.29 is 4.74 Å². The van der Waals surface area contributed by atoms with Crippen LogP contribution in [-0.4, -0.2) is 18.0 Å². The first-order valence-electron chi connectivity index (χ1n) is 3.99. The summed E-state index contributed by atoms with van der Waals surface area (Å²) in [7, 11) is 0. The van der Waals surface area contributed by atoms with Gasteiger partial charge in [-0.1, -0.05) is 29.3 Å². The second-order valence-corrected chi connectivity index (χ2v) is 9.39. The molecule has 0 amide bonds. The maximum Gasteiger partial charge on any atom is 0.0789 e. The fourth-order valence-electron chi connectivity index (χ4n) is 0.728. The van der Waals surface area contributed by atoms with E-state index in [1.807, 2.05) is 0 Å². The molecule has 78 valence electrons. The molecule has 0 spiro atoms. The van der Waals surface area contributed by atoms with Crippen LogP contribution in [0.25, 0.3) is 0 Å². The van der Waals surface area contributed by atoms with Gasteiger partial charge in [0.15, 0.2) is 0 Å². The summed E-state index contributed by atoms with van der Waals surface area (Å²) in [5.41, 5.74) is 0. The van der Waals surface area contributed by atoms with E-state index in [0.717, 1.165) is 13.2 Å². The van der Waals surface area contributed by atoms with Crippen LogP contribution in [0, 0.1) is 0 Å². The first-order chi connectivity index (χ1) is 6.07. The fraction of sp³-hybridized carbons (Fsp3) is 0.750. The molecule has 0 fully saturated rings. The zero-order valence-corrected chi connectivity index (χ0v) is 15.4. The molecule has 0 N–H and O–H groups in total. The van der Waals surface area contributed by atoms with Crippen molar-refractivity contribution >= 4 is 83.7 Å². The Morgan fingerprint density at radius 1 is 1.38 bits per heavy atom. The van der Waals surface area contributed by atoms with Crippen LogP contribution in [0.1, 0.15) is 19.8 Å². The van der Waals surface area contributed by atoms with Gasteiger partial charge in [-0.3, -0.25) is 0 Å². The lowest BCUT2D eigenvalue weighted by Crippen LogP contribution is -2.09. The van der Waals surface area contributed by atoms with Crippen LogP contribution in [0.2, 0.25) is 0 Å². The first-order valence-corrected chi connectivity index (χ1v) is 8.14. The molecule has 0 bridgehead atoms. The molecule has 0 aliphatic heterocycles. The lowest BCUT2D eigenvalue weighted by atomic mass is 10.3. The number of hydrogen-bond donors (Lipinski definition) is 0. The number of halogens is 4. The molecular weight excluding hydrogens is 573 g/mol. The van der Waals surface area contributed by atoms with E-state index in [0.29, 0.717) is 4.83 Å². The average Bonchev–Trinajstić information content (AvgIpc) is 2.04. The summed E-state index contributed by atoms with van der Waals surface area (Å²) in [5, 5.41) is 0. The molecule has 0 aromatic carbocycles. The molecule has 0 aliphatic carbocycles. The Kier molecular flexibility index (Phi) is 11.3. The molecular formula is C8H12BrI3O. The van der Waals surface area contributed by atoms with Gasteiger partial charge >= 0.3 is 0 Å². The van der Waals surface area contributed by atoms with Gasteiger partial charge in [0.1, 0.15) is 0 Å². The van der Waals surface area contributed by atoms with E-state index in [2.05, 4.69) is 90.6 Å². The second-order valence-electron chi connectivity index (χ2n) is 2.57. The highest BCUT2D eigenvalue weighted by atomic mass is 127. The van der Waals surface area contributed by atoms with Gasteiger partial charge < -0.3 is 4.74 Å². The van der Waals surface area contributed by atoms with Crippen molar-refractivity contribution in [2.75, 3.05) is 13.2 Å². The molecule has 0 saturated heterocycles. The highest BCUT2D eigenvalue weighted by Gasteiger charge is 2.03. The van der Waals surface area contributed by atoms with E-state index in [-0.39, 0.29) is 0 Å². The molecule has 0 aliphatic rings.